The van der Waals surface area contributed by atoms with Crippen LogP contribution in [0.4, 0.5) is 14.6 Å². The van der Waals surface area contributed by atoms with Gasteiger partial charge in [0.05, 0.1) is 6.42 Å². The van der Waals surface area contributed by atoms with Crippen molar-refractivity contribution in [1.82, 2.24) is 15.6 Å². The summed E-state index contributed by atoms with van der Waals surface area (Å²) in [5.41, 5.74) is 5.24. The van der Waals surface area contributed by atoms with Crippen molar-refractivity contribution in [3.8, 4) is 5.75 Å². The summed E-state index contributed by atoms with van der Waals surface area (Å²) in [6.45, 7) is -2.95. The molecule has 0 bridgehead atoms. The van der Waals surface area contributed by atoms with E-state index in [0.29, 0.717) is 5.56 Å². The van der Waals surface area contributed by atoms with Crippen molar-refractivity contribution >= 4 is 23.3 Å². The van der Waals surface area contributed by atoms with Crippen molar-refractivity contribution < 1.29 is 18.3 Å². The number of amides is 1. The van der Waals surface area contributed by atoms with Crippen molar-refractivity contribution in [2.45, 2.75) is 13.0 Å². The fourth-order valence-corrected chi connectivity index (χ4v) is 1.70. The summed E-state index contributed by atoms with van der Waals surface area (Å²) >= 11 is 5.58. The average molecular weight is 329 g/mol. The molecule has 0 atom stereocenters. The Bertz CT molecular complexity index is 640. The first-order chi connectivity index (χ1) is 10.5. The van der Waals surface area contributed by atoms with E-state index in [-0.39, 0.29) is 23.1 Å². The van der Waals surface area contributed by atoms with E-state index in [4.69, 9.17) is 11.6 Å². The molecule has 0 aliphatic carbocycles. The topological polar surface area (TPSA) is 76.1 Å². The van der Waals surface area contributed by atoms with Crippen molar-refractivity contribution in [2.24, 2.45) is 0 Å². The molecule has 1 amide bonds. The number of halogens is 3. The molecule has 9 heteroatoms. The maximum atomic E-state index is 12.3. The third kappa shape index (κ3) is 4.81. The highest BCUT2D eigenvalue weighted by Crippen LogP contribution is 2.20. The van der Waals surface area contributed by atoms with Crippen LogP contribution in [0.25, 0.3) is 0 Å². The van der Waals surface area contributed by atoms with Gasteiger partial charge in [0, 0.05) is 5.56 Å². The van der Waals surface area contributed by atoms with E-state index >= 15 is 0 Å². The first kappa shape index (κ1) is 15.9. The monoisotopic (exact) mass is 328 g/mol. The number of para-hydroxylation sites is 1. The van der Waals surface area contributed by atoms with Gasteiger partial charge in [-0.15, -0.1) is 10.2 Å². The summed E-state index contributed by atoms with van der Waals surface area (Å²) in [7, 11) is 0. The first-order valence-electron chi connectivity index (χ1n) is 6.11. The number of benzene rings is 1. The number of carbonyl (C=O) groups is 1. The molecular weight excluding hydrogens is 318 g/mol. The zero-order chi connectivity index (χ0) is 15.9. The van der Waals surface area contributed by atoms with Crippen LogP contribution < -0.4 is 15.6 Å². The molecule has 2 rings (SSSR count). The lowest BCUT2D eigenvalue weighted by molar-refractivity contribution is -0.120. The highest BCUT2D eigenvalue weighted by Gasteiger charge is 2.12. The van der Waals surface area contributed by atoms with Gasteiger partial charge in [-0.1, -0.05) is 29.8 Å². The minimum Gasteiger partial charge on any atom is -0.435 e. The minimum absolute atomic E-state index is 0.0427. The number of nitrogens with one attached hydrogen (secondary N) is 2. The largest absolute Gasteiger partial charge is 0.435 e. The molecule has 1 aromatic heterocycles. The van der Waals surface area contributed by atoms with Crippen LogP contribution in [0.2, 0.25) is 5.15 Å². The van der Waals surface area contributed by atoms with Gasteiger partial charge >= 0.3 is 6.61 Å². The molecule has 22 heavy (non-hydrogen) atoms. The predicted molar refractivity (Wildman–Crippen MR) is 75.6 cm³/mol. The van der Waals surface area contributed by atoms with Crippen molar-refractivity contribution in [2.75, 3.05) is 5.43 Å². The normalized spacial score (nSPS) is 10.4. The van der Waals surface area contributed by atoms with Crippen molar-refractivity contribution in [1.29, 1.82) is 0 Å². The van der Waals surface area contributed by atoms with Crippen LogP contribution in [0, 0.1) is 0 Å². The average Bonchev–Trinajstić information content (AvgIpc) is 2.48. The summed E-state index contributed by atoms with van der Waals surface area (Å²) in [4.78, 5) is 11.8. The molecule has 1 heterocycles. The van der Waals surface area contributed by atoms with Gasteiger partial charge in [-0.2, -0.15) is 8.78 Å². The number of anilines is 1. The molecule has 0 spiro atoms. The fourth-order valence-electron chi connectivity index (χ4n) is 1.59. The van der Waals surface area contributed by atoms with Gasteiger partial charge in [-0.25, -0.2) is 0 Å². The van der Waals surface area contributed by atoms with Gasteiger partial charge in [0.15, 0.2) is 11.0 Å². The molecular formula is C13H11ClF2N4O2. The third-order valence-electron chi connectivity index (χ3n) is 2.50. The smallest absolute Gasteiger partial charge is 0.387 e. The summed E-state index contributed by atoms with van der Waals surface area (Å²) in [5, 5.41) is 7.49. The number of ether oxygens (including phenoxy) is 1. The van der Waals surface area contributed by atoms with Crippen molar-refractivity contribution in [3.05, 3.63) is 47.1 Å². The maximum absolute atomic E-state index is 12.3. The number of carbonyl (C=O) groups excluding carboxylic acids is 1. The van der Waals surface area contributed by atoms with Gasteiger partial charge < -0.3 is 4.74 Å². The van der Waals surface area contributed by atoms with Crippen LogP contribution in [0.1, 0.15) is 5.56 Å². The predicted octanol–water partition coefficient (Wildman–Crippen LogP) is 2.42. The lowest BCUT2D eigenvalue weighted by Gasteiger charge is -2.11. The number of alkyl halides is 2. The molecule has 116 valence electrons. The van der Waals surface area contributed by atoms with E-state index in [1.807, 2.05) is 0 Å². The number of hydrogen-bond acceptors (Lipinski definition) is 5. The molecule has 0 radical (unpaired) electrons. The van der Waals surface area contributed by atoms with Crippen LogP contribution in [0.3, 0.4) is 0 Å². The summed E-state index contributed by atoms with van der Waals surface area (Å²) in [5.74, 6) is -0.212. The minimum atomic E-state index is -2.95. The van der Waals surface area contributed by atoms with E-state index in [2.05, 4.69) is 25.8 Å². The highest BCUT2D eigenvalue weighted by molar-refractivity contribution is 6.29. The van der Waals surface area contributed by atoms with E-state index in [1.165, 1.54) is 24.3 Å². The van der Waals surface area contributed by atoms with Crippen LogP contribution in [0.15, 0.2) is 36.4 Å². The number of hydrogen-bond donors (Lipinski definition) is 2. The molecule has 0 saturated carbocycles. The quantitative estimate of drug-likeness (QED) is 0.796. The van der Waals surface area contributed by atoms with E-state index < -0.39 is 12.5 Å². The second-order valence-corrected chi connectivity index (χ2v) is 4.46. The first-order valence-corrected chi connectivity index (χ1v) is 6.49. The summed E-state index contributed by atoms with van der Waals surface area (Å²) in [6.07, 6.45) is -0.142. The Morgan fingerprint density at radius 2 is 2.00 bits per heavy atom. The highest BCUT2D eigenvalue weighted by atomic mass is 35.5. The van der Waals surface area contributed by atoms with E-state index in [1.54, 1.807) is 12.1 Å². The Kier molecular flexibility index (Phi) is 5.42. The van der Waals surface area contributed by atoms with Crippen LogP contribution in [-0.4, -0.2) is 22.7 Å². The van der Waals surface area contributed by atoms with Gasteiger partial charge in [-0.05, 0) is 18.2 Å². The standard InChI is InChI=1S/C13H11ClF2N4O2/c14-10-5-6-11(18-17-10)19-20-12(21)7-8-3-1-2-4-9(8)22-13(15)16/h1-6,13H,7H2,(H,18,19)(H,20,21). The molecule has 0 fully saturated rings. The van der Waals surface area contributed by atoms with Crippen LogP contribution in [0.5, 0.6) is 5.75 Å². The van der Waals surface area contributed by atoms with E-state index in [9.17, 15) is 13.6 Å². The number of rotatable bonds is 6. The second kappa shape index (κ2) is 7.51. The SMILES string of the molecule is O=C(Cc1ccccc1OC(F)F)NNc1ccc(Cl)nn1. The Labute approximate surface area is 129 Å². The number of aromatic nitrogens is 2. The molecule has 2 aromatic rings. The molecule has 0 saturated heterocycles. The zero-order valence-corrected chi connectivity index (χ0v) is 11.8. The van der Waals surface area contributed by atoms with Crippen LogP contribution >= 0.6 is 11.6 Å². The molecule has 1 aromatic carbocycles. The fraction of sp³-hybridized carbons (Fsp3) is 0.154. The maximum Gasteiger partial charge on any atom is 0.387 e. The molecule has 0 aliphatic heterocycles. The summed E-state index contributed by atoms with van der Waals surface area (Å²) in [6, 6.07) is 9.07. The van der Waals surface area contributed by atoms with Crippen molar-refractivity contribution in [3.63, 3.8) is 0 Å². The van der Waals surface area contributed by atoms with Gasteiger partial charge in [0.25, 0.3) is 0 Å². The summed E-state index contributed by atoms with van der Waals surface area (Å²) < 4.78 is 28.9. The lowest BCUT2D eigenvalue weighted by Crippen LogP contribution is -2.31. The van der Waals surface area contributed by atoms with Gasteiger partial charge in [0.1, 0.15) is 5.75 Å². The Balaban J connectivity index is 1.93. The third-order valence-corrected chi connectivity index (χ3v) is 2.70. The molecule has 0 aliphatic rings. The Morgan fingerprint density at radius 1 is 1.23 bits per heavy atom. The van der Waals surface area contributed by atoms with E-state index in [0.717, 1.165) is 0 Å². The molecule has 2 N–H and O–H groups in total. The Morgan fingerprint density at radius 3 is 2.68 bits per heavy atom. The zero-order valence-electron chi connectivity index (χ0n) is 11.1. The van der Waals surface area contributed by atoms with Crippen LogP contribution in [-0.2, 0) is 11.2 Å². The Hall–Kier alpha value is -2.48. The lowest BCUT2D eigenvalue weighted by atomic mass is 10.1. The van der Waals surface area contributed by atoms with Gasteiger partial charge in [-0.3, -0.25) is 15.6 Å². The molecule has 6 nitrogen and oxygen atoms in total. The van der Waals surface area contributed by atoms with Gasteiger partial charge in [0.2, 0.25) is 5.91 Å². The molecule has 0 unspecified atom stereocenters. The second-order valence-electron chi connectivity index (χ2n) is 4.08. The number of nitrogens with zero attached hydrogens (tertiary/aromatic N) is 2. The number of hydrazine groups is 1.